The van der Waals surface area contributed by atoms with Crippen molar-refractivity contribution < 1.29 is 14.7 Å². The number of anilines is 1. The summed E-state index contributed by atoms with van der Waals surface area (Å²) in [6.07, 6.45) is 0.566. The summed E-state index contributed by atoms with van der Waals surface area (Å²) >= 11 is 5.77. The van der Waals surface area contributed by atoms with Crippen LogP contribution in [0.15, 0.2) is 24.3 Å². The zero-order valence-electron chi connectivity index (χ0n) is 11.2. The first-order valence-electron chi connectivity index (χ1n) is 6.40. The highest BCUT2D eigenvalue weighted by molar-refractivity contribution is 6.30. The first-order valence-corrected chi connectivity index (χ1v) is 6.78. The molecule has 1 aromatic rings. The van der Waals surface area contributed by atoms with Crippen molar-refractivity contribution in [3.63, 3.8) is 0 Å². The van der Waals surface area contributed by atoms with Gasteiger partial charge in [0.1, 0.15) is 0 Å². The van der Waals surface area contributed by atoms with Crippen LogP contribution in [0.5, 0.6) is 0 Å². The van der Waals surface area contributed by atoms with E-state index in [1.807, 2.05) is 4.90 Å². The summed E-state index contributed by atoms with van der Waals surface area (Å²) in [6.45, 7) is 2.94. The van der Waals surface area contributed by atoms with Crippen molar-refractivity contribution >= 4 is 29.2 Å². The molecule has 5 nitrogen and oxygen atoms in total. The van der Waals surface area contributed by atoms with Gasteiger partial charge in [0.25, 0.3) is 0 Å². The molecule has 2 rings (SSSR count). The smallest absolute Gasteiger partial charge is 0.310 e. The first-order chi connectivity index (χ1) is 9.39. The monoisotopic (exact) mass is 296 g/mol. The molecule has 1 saturated heterocycles. The summed E-state index contributed by atoms with van der Waals surface area (Å²) in [6, 6.07) is 6.86. The zero-order chi connectivity index (χ0) is 14.8. The molecule has 0 spiro atoms. The van der Waals surface area contributed by atoms with Gasteiger partial charge in [-0.3, -0.25) is 14.5 Å². The molecule has 1 aromatic carbocycles. The zero-order valence-corrected chi connectivity index (χ0v) is 12.0. The van der Waals surface area contributed by atoms with Crippen LogP contribution in [-0.4, -0.2) is 41.5 Å². The lowest BCUT2D eigenvalue weighted by atomic mass is 9.90. The van der Waals surface area contributed by atoms with Gasteiger partial charge in [-0.2, -0.15) is 0 Å². The standard InChI is InChI=1S/C14H17ClN2O3/c1-14(13(19)20)6-7-17(9-14)8-12(18)16-11-4-2-10(15)3-5-11/h2-5H,6-9H2,1H3,(H,16,18)(H,19,20). The maximum Gasteiger partial charge on any atom is 0.310 e. The number of benzene rings is 1. The Bertz CT molecular complexity index is 518. The molecular formula is C14H17ClN2O3. The summed E-state index contributed by atoms with van der Waals surface area (Å²) in [5.41, 5.74) is -0.0693. The number of hydrogen-bond donors (Lipinski definition) is 2. The van der Waals surface area contributed by atoms with E-state index in [4.69, 9.17) is 16.7 Å². The Morgan fingerprint density at radius 3 is 2.60 bits per heavy atom. The van der Waals surface area contributed by atoms with E-state index in [-0.39, 0.29) is 12.5 Å². The average Bonchev–Trinajstić information content (AvgIpc) is 2.75. The van der Waals surface area contributed by atoms with Crippen LogP contribution in [0.2, 0.25) is 5.02 Å². The molecule has 20 heavy (non-hydrogen) atoms. The van der Waals surface area contributed by atoms with Gasteiger partial charge in [-0.1, -0.05) is 11.6 Å². The van der Waals surface area contributed by atoms with E-state index in [0.29, 0.717) is 30.2 Å². The van der Waals surface area contributed by atoms with Crippen LogP contribution in [0.25, 0.3) is 0 Å². The molecule has 0 bridgehead atoms. The van der Waals surface area contributed by atoms with Crippen LogP contribution in [0.1, 0.15) is 13.3 Å². The molecule has 1 unspecified atom stereocenters. The number of carbonyl (C=O) groups excluding carboxylic acids is 1. The minimum Gasteiger partial charge on any atom is -0.481 e. The fraction of sp³-hybridized carbons (Fsp3) is 0.429. The topological polar surface area (TPSA) is 69.6 Å². The first kappa shape index (κ1) is 14.8. The van der Waals surface area contributed by atoms with E-state index < -0.39 is 11.4 Å². The summed E-state index contributed by atoms with van der Waals surface area (Å²) in [5.74, 6) is -0.958. The van der Waals surface area contributed by atoms with Gasteiger partial charge in [0.2, 0.25) is 5.91 Å². The summed E-state index contributed by atoms with van der Waals surface area (Å²) in [5, 5.41) is 12.5. The second-order valence-electron chi connectivity index (χ2n) is 5.38. The molecular weight excluding hydrogens is 280 g/mol. The van der Waals surface area contributed by atoms with Crippen LogP contribution in [-0.2, 0) is 9.59 Å². The predicted octanol–water partition coefficient (Wildman–Crippen LogP) is 2.08. The summed E-state index contributed by atoms with van der Waals surface area (Å²) in [7, 11) is 0. The van der Waals surface area contributed by atoms with Gasteiger partial charge < -0.3 is 10.4 Å². The SMILES string of the molecule is CC1(C(=O)O)CCN(CC(=O)Nc2ccc(Cl)cc2)C1. The van der Waals surface area contributed by atoms with Crippen LogP contribution in [0.4, 0.5) is 5.69 Å². The lowest BCUT2D eigenvalue weighted by molar-refractivity contribution is -0.147. The highest BCUT2D eigenvalue weighted by Crippen LogP contribution is 2.29. The molecule has 0 saturated carbocycles. The minimum atomic E-state index is -0.807. The second kappa shape index (κ2) is 5.81. The summed E-state index contributed by atoms with van der Waals surface area (Å²) in [4.78, 5) is 24.9. The molecule has 1 amide bonds. The normalized spacial score (nSPS) is 22.7. The van der Waals surface area contributed by atoms with Crippen molar-refractivity contribution in [2.45, 2.75) is 13.3 Å². The van der Waals surface area contributed by atoms with E-state index in [2.05, 4.69) is 5.32 Å². The molecule has 1 fully saturated rings. The third kappa shape index (κ3) is 3.49. The van der Waals surface area contributed by atoms with Crippen molar-refractivity contribution in [1.82, 2.24) is 4.90 Å². The summed E-state index contributed by atoms with van der Waals surface area (Å²) < 4.78 is 0. The van der Waals surface area contributed by atoms with Crippen LogP contribution in [0.3, 0.4) is 0 Å². The third-order valence-corrected chi connectivity index (χ3v) is 3.82. The van der Waals surface area contributed by atoms with E-state index in [1.54, 1.807) is 31.2 Å². The molecule has 1 atom stereocenters. The van der Waals surface area contributed by atoms with E-state index in [9.17, 15) is 9.59 Å². The maximum absolute atomic E-state index is 11.9. The Morgan fingerprint density at radius 1 is 1.40 bits per heavy atom. The van der Waals surface area contributed by atoms with Crippen LogP contribution >= 0.6 is 11.6 Å². The number of nitrogens with one attached hydrogen (secondary N) is 1. The number of rotatable bonds is 4. The van der Waals surface area contributed by atoms with E-state index in [1.165, 1.54) is 0 Å². The molecule has 1 aliphatic rings. The molecule has 1 aliphatic heterocycles. The fourth-order valence-electron chi connectivity index (χ4n) is 2.30. The van der Waals surface area contributed by atoms with E-state index >= 15 is 0 Å². The molecule has 108 valence electrons. The lowest BCUT2D eigenvalue weighted by Crippen LogP contribution is -2.35. The fourth-order valence-corrected chi connectivity index (χ4v) is 2.43. The number of carbonyl (C=O) groups is 2. The van der Waals surface area contributed by atoms with Crippen molar-refractivity contribution in [3.8, 4) is 0 Å². The number of halogens is 1. The third-order valence-electron chi connectivity index (χ3n) is 3.56. The lowest BCUT2D eigenvalue weighted by Gasteiger charge is -2.19. The Labute approximate surface area is 122 Å². The van der Waals surface area contributed by atoms with Crippen molar-refractivity contribution in [3.05, 3.63) is 29.3 Å². The molecule has 2 N–H and O–H groups in total. The van der Waals surface area contributed by atoms with Gasteiger partial charge in [0, 0.05) is 17.3 Å². The van der Waals surface area contributed by atoms with Gasteiger partial charge in [-0.15, -0.1) is 0 Å². The largest absolute Gasteiger partial charge is 0.481 e. The number of carboxylic acids is 1. The number of nitrogens with zero attached hydrogens (tertiary/aromatic N) is 1. The number of aliphatic carboxylic acids is 1. The van der Waals surface area contributed by atoms with Crippen molar-refractivity contribution in [2.24, 2.45) is 5.41 Å². The van der Waals surface area contributed by atoms with Gasteiger partial charge >= 0.3 is 5.97 Å². The quantitative estimate of drug-likeness (QED) is 0.892. The predicted molar refractivity (Wildman–Crippen MR) is 76.9 cm³/mol. The van der Waals surface area contributed by atoms with Crippen LogP contribution in [0, 0.1) is 5.41 Å². The van der Waals surface area contributed by atoms with E-state index in [0.717, 1.165) is 0 Å². The van der Waals surface area contributed by atoms with Crippen molar-refractivity contribution in [1.29, 1.82) is 0 Å². The Hall–Kier alpha value is -1.59. The van der Waals surface area contributed by atoms with Gasteiger partial charge in [-0.05, 0) is 44.2 Å². The number of amides is 1. The molecule has 0 aliphatic carbocycles. The number of hydrogen-bond acceptors (Lipinski definition) is 3. The molecule has 0 radical (unpaired) electrons. The Morgan fingerprint density at radius 2 is 2.05 bits per heavy atom. The number of likely N-dealkylation sites (tertiary alicyclic amines) is 1. The molecule has 6 heteroatoms. The molecule has 0 aromatic heterocycles. The molecule has 1 heterocycles. The average molecular weight is 297 g/mol. The van der Waals surface area contributed by atoms with Gasteiger partial charge in [-0.25, -0.2) is 0 Å². The number of carboxylic acid groups (broad SMARTS) is 1. The highest BCUT2D eigenvalue weighted by atomic mass is 35.5. The van der Waals surface area contributed by atoms with Gasteiger partial charge in [0.05, 0.1) is 12.0 Å². The minimum absolute atomic E-state index is 0.151. The Balaban J connectivity index is 1.87. The van der Waals surface area contributed by atoms with Crippen LogP contribution < -0.4 is 5.32 Å². The van der Waals surface area contributed by atoms with Gasteiger partial charge in [0.15, 0.2) is 0 Å². The van der Waals surface area contributed by atoms with Crippen molar-refractivity contribution in [2.75, 3.05) is 25.0 Å². The maximum atomic E-state index is 11.9. The second-order valence-corrected chi connectivity index (χ2v) is 5.82. The highest BCUT2D eigenvalue weighted by Gasteiger charge is 2.40. The Kier molecular flexibility index (Phi) is 4.30.